The topological polar surface area (TPSA) is 89.6 Å². The Bertz CT molecular complexity index is 365. The highest BCUT2D eigenvalue weighted by Crippen LogP contribution is 2.18. The predicted octanol–water partition coefficient (Wildman–Crippen LogP) is -0.973. The van der Waals surface area contributed by atoms with E-state index >= 15 is 0 Å². The van der Waals surface area contributed by atoms with Gasteiger partial charge < -0.3 is 5.73 Å². The monoisotopic (exact) mass is 192 g/mol. The summed E-state index contributed by atoms with van der Waals surface area (Å²) < 4.78 is 24.6. The Morgan fingerprint density at radius 1 is 1.64 bits per heavy atom. The Balaban J connectivity index is 3.35. The zero-order valence-corrected chi connectivity index (χ0v) is 6.89. The Hall–Kier alpha value is -0.820. The van der Waals surface area contributed by atoms with E-state index in [-0.39, 0.29) is 5.70 Å². The molecule has 0 aromatic rings. The molecule has 0 aliphatic carbocycles. The summed E-state index contributed by atoms with van der Waals surface area (Å²) in [4.78, 5) is 10.00. The SMILES string of the molecule is NC1=C(C(=O)S)S(=O)(=O)N=C1. The standard InChI is InChI=1S/C4H4N2O3S2/c5-2-1-6-11(8,9)3(2)4(7)10/h1H,5H2,(H,7,10). The lowest BCUT2D eigenvalue weighted by molar-refractivity contribution is -0.107. The molecule has 7 heteroatoms. The van der Waals surface area contributed by atoms with Gasteiger partial charge in [0.05, 0.1) is 11.9 Å². The van der Waals surface area contributed by atoms with Gasteiger partial charge in [-0.15, -0.1) is 0 Å². The van der Waals surface area contributed by atoms with Crippen molar-refractivity contribution in [3.63, 3.8) is 0 Å². The highest BCUT2D eigenvalue weighted by atomic mass is 32.2. The molecule has 1 aliphatic rings. The van der Waals surface area contributed by atoms with E-state index in [0.29, 0.717) is 0 Å². The lowest BCUT2D eigenvalue weighted by Crippen LogP contribution is -2.09. The largest absolute Gasteiger partial charge is 0.396 e. The summed E-state index contributed by atoms with van der Waals surface area (Å²) in [6, 6.07) is 0. The van der Waals surface area contributed by atoms with E-state index in [1.54, 1.807) is 0 Å². The van der Waals surface area contributed by atoms with Crippen molar-refractivity contribution in [3.8, 4) is 0 Å². The van der Waals surface area contributed by atoms with Gasteiger partial charge in [0.2, 0.25) is 5.12 Å². The average Bonchev–Trinajstić information content (AvgIpc) is 2.06. The summed E-state index contributed by atoms with van der Waals surface area (Å²) in [5.74, 6) is 0. The summed E-state index contributed by atoms with van der Waals surface area (Å²) in [5.41, 5.74) is 4.97. The summed E-state index contributed by atoms with van der Waals surface area (Å²) in [7, 11) is -3.84. The van der Waals surface area contributed by atoms with E-state index < -0.39 is 20.0 Å². The molecular weight excluding hydrogens is 188 g/mol. The van der Waals surface area contributed by atoms with E-state index in [2.05, 4.69) is 17.0 Å². The minimum absolute atomic E-state index is 0.162. The van der Waals surface area contributed by atoms with E-state index in [4.69, 9.17) is 5.73 Å². The third kappa shape index (κ3) is 1.29. The van der Waals surface area contributed by atoms with E-state index in [0.717, 1.165) is 6.21 Å². The zero-order valence-electron chi connectivity index (χ0n) is 5.18. The maximum atomic E-state index is 10.8. The molecule has 1 rings (SSSR count). The molecule has 0 unspecified atom stereocenters. The molecule has 2 N–H and O–H groups in total. The van der Waals surface area contributed by atoms with Gasteiger partial charge in [0.25, 0.3) is 10.0 Å². The Kier molecular flexibility index (Phi) is 1.77. The van der Waals surface area contributed by atoms with Crippen LogP contribution in [-0.2, 0) is 14.8 Å². The van der Waals surface area contributed by atoms with Crippen LogP contribution in [0.15, 0.2) is 15.0 Å². The quantitative estimate of drug-likeness (QED) is 0.523. The molecular formula is C4H4N2O3S2. The molecule has 5 nitrogen and oxygen atoms in total. The lowest BCUT2D eigenvalue weighted by atomic mass is 10.4. The van der Waals surface area contributed by atoms with Gasteiger partial charge in [-0.1, -0.05) is 12.6 Å². The van der Waals surface area contributed by atoms with Crippen LogP contribution in [0.2, 0.25) is 0 Å². The predicted molar refractivity (Wildman–Crippen MR) is 42.6 cm³/mol. The van der Waals surface area contributed by atoms with Crippen molar-refractivity contribution >= 4 is 34.0 Å². The number of thiol groups is 1. The normalized spacial score (nSPS) is 20.8. The maximum absolute atomic E-state index is 10.8. The highest BCUT2D eigenvalue weighted by molar-refractivity contribution is 8.03. The molecule has 0 saturated carbocycles. The number of rotatable bonds is 1. The van der Waals surface area contributed by atoms with Gasteiger partial charge in [0.15, 0.2) is 4.91 Å². The third-order valence-corrected chi connectivity index (χ3v) is 2.74. The fourth-order valence-corrected chi connectivity index (χ4v) is 2.02. The van der Waals surface area contributed by atoms with Crippen molar-refractivity contribution in [2.24, 2.45) is 10.1 Å². The number of nitrogens with two attached hydrogens (primary N) is 1. The fourth-order valence-electron chi connectivity index (χ4n) is 0.620. The van der Waals surface area contributed by atoms with Crippen LogP contribution in [0.4, 0.5) is 0 Å². The summed E-state index contributed by atoms with van der Waals surface area (Å²) >= 11 is 3.33. The second-order valence-electron chi connectivity index (χ2n) is 1.80. The van der Waals surface area contributed by atoms with Gasteiger partial charge in [0.1, 0.15) is 0 Å². The Labute approximate surface area is 68.5 Å². The Morgan fingerprint density at radius 3 is 2.36 bits per heavy atom. The summed E-state index contributed by atoms with van der Waals surface area (Å²) in [6.45, 7) is 0. The van der Waals surface area contributed by atoms with Crippen molar-refractivity contribution in [2.75, 3.05) is 0 Å². The smallest absolute Gasteiger partial charge is 0.288 e. The molecule has 0 atom stereocenters. The number of nitrogens with zero attached hydrogens (tertiary/aromatic N) is 1. The minimum Gasteiger partial charge on any atom is -0.396 e. The molecule has 0 aromatic carbocycles. The second-order valence-corrected chi connectivity index (χ2v) is 3.77. The van der Waals surface area contributed by atoms with Crippen molar-refractivity contribution in [1.82, 2.24) is 0 Å². The molecule has 0 radical (unpaired) electrons. The third-order valence-electron chi connectivity index (χ3n) is 1.04. The van der Waals surface area contributed by atoms with Crippen molar-refractivity contribution in [2.45, 2.75) is 0 Å². The molecule has 11 heavy (non-hydrogen) atoms. The lowest BCUT2D eigenvalue weighted by Gasteiger charge is -1.93. The van der Waals surface area contributed by atoms with Gasteiger partial charge in [-0.3, -0.25) is 4.79 Å². The van der Waals surface area contributed by atoms with E-state index in [1.807, 2.05) is 0 Å². The van der Waals surface area contributed by atoms with Crippen LogP contribution < -0.4 is 5.73 Å². The highest BCUT2D eigenvalue weighted by Gasteiger charge is 2.28. The number of carbonyl (C=O) groups excluding carboxylic acids is 1. The van der Waals surface area contributed by atoms with Crippen LogP contribution in [0.1, 0.15) is 0 Å². The average molecular weight is 192 g/mol. The van der Waals surface area contributed by atoms with Gasteiger partial charge >= 0.3 is 0 Å². The first-order valence-corrected chi connectivity index (χ1v) is 4.37. The van der Waals surface area contributed by atoms with Crippen LogP contribution in [0.25, 0.3) is 0 Å². The van der Waals surface area contributed by atoms with Crippen LogP contribution in [0, 0.1) is 0 Å². The minimum atomic E-state index is -3.84. The van der Waals surface area contributed by atoms with Crippen LogP contribution in [0.3, 0.4) is 0 Å². The molecule has 0 spiro atoms. The molecule has 0 fully saturated rings. The number of allylic oxidation sites excluding steroid dienone is 1. The first kappa shape index (κ1) is 8.28. The first-order chi connectivity index (χ1) is 4.95. The number of sulfonamides is 1. The molecule has 0 amide bonds. The molecule has 60 valence electrons. The number of carbonyl (C=O) groups is 1. The molecule has 1 heterocycles. The summed E-state index contributed by atoms with van der Waals surface area (Å²) in [6.07, 6.45) is 0.915. The molecule has 1 aliphatic heterocycles. The van der Waals surface area contributed by atoms with Crippen molar-refractivity contribution in [1.29, 1.82) is 0 Å². The van der Waals surface area contributed by atoms with Gasteiger partial charge in [-0.25, -0.2) is 0 Å². The molecule has 0 bridgehead atoms. The second kappa shape index (κ2) is 2.35. The van der Waals surface area contributed by atoms with Gasteiger partial charge in [-0.05, 0) is 0 Å². The molecule has 0 aromatic heterocycles. The van der Waals surface area contributed by atoms with Crippen LogP contribution in [0.5, 0.6) is 0 Å². The van der Waals surface area contributed by atoms with Crippen LogP contribution >= 0.6 is 12.6 Å². The number of hydrogen-bond donors (Lipinski definition) is 2. The number of hydrogen-bond acceptors (Lipinski definition) is 4. The van der Waals surface area contributed by atoms with Crippen LogP contribution in [-0.4, -0.2) is 19.7 Å². The van der Waals surface area contributed by atoms with Crippen molar-refractivity contribution in [3.05, 3.63) is 10.6 Å². The van der Waals surface area contributed by atoms with E-state index in [1.165, 1.54) is 0 Å². The van der Waals surface area contributed by atoms with Crippen molar-refractivity contribution < 1.29 is 13.2 Å². The van der Waals surface area contributed by atoms with E-state index in [9.17, 15) is 13.2 Å². The molecule has 0 saturated heterocycles. The maximum Gasteiger partial charge on any atom is 0.288 e. The Morgan fingerprint density at radius 2 is 2.18 bits per heavy atom. The first-order valence-electron chi connectivity index (χ1n) is 2.48. The summed E-state index contributed by atoms with van der Waals surface area (Å²) in [5, 5.41) is -0.889. The van der Waals surface area contributed by atoms with Gasteiger partial charge in [0, 0.05) is 0 Å². The fraction of sp³-hybridized carbons (Fsp3) is 0. The van der Waals surface area contributed by atoms with Gasteiger partial charge in [-0.2, -0.15) is 12.8 Å². The zero-order chi connectivity index (χ0) is 8.65.